The molecule has 426 valence electrons. The topological polar surface area (TPSA) is 558 Å². The van der Waals surface area contributed by atoms with Crippen molar-refractivity contribution >= 4 is 77.0 Å². The van der Waals surface area contributed by atoms with Crippen LogP contribution < -0.4 is 82.3 Å². The summed E-state index contributed by atoms with van der Waals surface area (Å²) in [5, 5.41) is 60.2. The van der Waals surface area contributed by atoms with Crippen molar-refractivity contribution in [2.45, 2.75) is 147 Å². The Morgan fingerprint density at radius 3 is 1.17 bits per heavy atom. The second-order valence-electron chi connectivity index (χ2n) is 18.1. The van der Waals surface area contributed by atoms with Crippen molar-refractivity contribution in [3.63, 3.8) is 0 Å². The van der Waals surface area contributed by atoms with Gasteiger partial charge >= 0.3 is 5.97 Å². The van der Waals surface area contributed by atoms with E-state index in [9.17, 15) is 73.2 Å². The van der Waals surface area contributed by atoms with Crippen LogP contribution in [-0.2, 0) is 52.7 Å². The standard InChI is InChI=1S/C43H79N17O15/c1-19(2)15-23(44)34(67)52-21(5)32(65)54-25(11-12-30(45)64)35(68)53-22(6)33(66)60-31(20(3)4)40(73)55-24(9-7-13-50-42(46)47)36(69)57-28(17-62)38(71)59-29(18-63)39(72)58-27(16-61)37(70)56-26(41(74)75)10-8-14-51-43(48)49/h19-29,31,61-63H,7-18,44H2,1-6H3,(H2,45,64)(H,52,67)(H,53,68)(H,54,65)(H,55,73)(H,56,70)(H,57,69)(H,58,72)(H,59,71)(H,60,66)(H,74,75)(H4,46,47,50)(H4,48,49,51)/t21-,22-,23-,24-,25-,26-,27-,28-,29-,31-/m0/s1. The predicted molar refractivity (Wildman–Crippen MR) is 268 cm³/mol. The van der Waals surface area contributed by atoms with Crippen LogP contribution in [0.1, 0.15) is 86.5 Å². The van der Waals surface area contributed by atoms with Gasteiger partial charge in [0.1, 0.15) is 54.4 Å². The third-order valence-corrected chi connectivity index (χ3v) is 10.7. The third kappa shape index (κ3) is 26.9. The first kappa shape index (κ1) is 67.5. The summed E-state index contributed by atoms with van der Waals surface area (Å²) in [4.78, 5) is 150. The second-order valence-corrected chi connectivity index (χ2v) is 18.1. The van der Waals surface area contributed by atoms with Crippen LogP contribution in [0, 0.1) is 11.8 Å². The quantitative estimate of drug-likeness (QED) is 0.0157. The summed E-state index contributed by atoms with van der Waals surface area (Å²) in [6.45, 7) is 6.05. The average Bonchev–Trinajstić information content (AvgIpc) is 3.32. The molecule has 0 aromatic rings. The maximum atomic E-state index is 13.8. The van der Waals surface area contributed by atoms with Gasteiger partial charge in [0.05, 0.1) is 25.9 Å². The number of aliphatic carboxylic acids is 1. The zero-order chi connectivity index (χ0) is 57.7. The fourth-order valence-corrected chi connectivity index (χ4v) is 6.51. The fourth-order valence-electron chi connectivity index (χ4n) is 6.51. The number of hydrogen-bond donors (Lipinski definition) is 19. The van der Waals surface area contributed by atoms with Crippen LogP contribution in [0.4, 0.5) is 0 Å². The maximum absolute atomic E-state index is 13.8. The molecule has 0 aromatic carbocycles. The summed E-state index contributed by atoms with van der Waals surface area (Å²) in [6.07, 6.45) is -0.545. The predicted octanol–water partition coefficient (Wildman–Crippen LogP) is -9.15. The first-order valence-corrected chi connectivity index (χ1v) is 23.9. The Labute approximate surface area is 433 Å². The average molecular weight is 1070 g/mol. The van der Waals surface area contributed by atoms with Crippen LogP contribution in [0.15, 0.2) is 9.98 Å². The van der Waals surface area contributed by atoms with E-state index in [1.807, 2.05) is 13.8 Å². The van der Waals surface area contributed by atoms with E-state index in [0.717, 1.165) is 0 Å². The van der Waals surface area contributed by atoms with Crippen molar-refractivity contribution in [3.05, 3.63) is 0 Å². The van der Waals surface area contributed by atoms with Gasteiger partial charge in [0.25, 0.3) is 0 Å². The highest BCUT2D eigenvalue weighted by Crippen LogP contribution is 2.09. The van der Waals surface area contributed by atoms with Gasteiger partial charge in [0.2, 0.25) is 59.1 Å². The van der Waals surface area contributed by atoms with E-state index in [4.69, 9.17) is 34.4 Å². The number of carboxylic acid groups (broad SMARTS) is 1. The Morgan fingerprint density at radius 1 is 0.440 bits per heavy atom. The molecule has 0 saturated heterocycles. The molecule has 0 aromatic heterocycles. The van der Waals surface area contributed by atoms with Crippen LogP contribution >= 0.6 is 0 Å². The number of hydrogen-bond acceptors (Lipinski definition) is 17. The molecule has 32 nitrogen and oxygen atoms in total. The smallest absolute Gasteiger partial charge is 0.326 e. The summed E-state index contributed by atoms with van der Waals surface area (Å²) in [5.74, 6) is -12.4. The Hall–Kier alpha value is -7.45. The van der Waals surface area contributed by atoms with Crippen molar-refractivity contribution in [3.8, 4) is 0 Å². The van der Waals surface area contributed by atoms with Crippen LogP contribution in [0.5, 0.6) is 0 Å². The Kier molecular flexibility index (Phi) is 31.4. The van der Waals surface area contributed by atoms with Crippen molar-refractivity contribution in [2.24, 2.45) is 56.2 Å². The molecule has 0 rings (SSSR count). The molecule has 10 atom stereocenters. The number of nitrogens with zero attached hydrogens (tertiary/aromatic N) is 2. The SMILES string of the molecule is CC(C)C[C@H](N)C(=O)N[C@@H](C)C(=O)N[C@@H](CCC(N)=O)C(=O)N[C@@H](C)C(=O)N[C@H](C(=O)N[C@@H](CCCN=C(N)N)C(=O)N[C@@H](CO)C(=O)N[C@@H](CO)C(=O)N[C@@H](CO)C(=O)N[C@@H](CCCN=C(N)N)C(=O)O)C(C)C. The van der Waals surface area contributed by atoms with E-state index in [1.54, 1.807) is 0 Å². The van der Waals surface area contributed by atoms with Gasteiger partial charge < -0.3 is 103 Å². The minimum atomic E-state index is -1.88. The van der Waals surface area contributed by atoms with Gasteiger partial charge in [-0.2, -0.15) is 0 Å². The van der Waals surface area contributed by atoms with E-state index in [2.05, 4.69) is 57.8 Å². The molecule has 0 spiro atoms. The molecule has 0 aliphatic heterocycles. The first-order chi connectivity index (χ1) is 35.0. The normalized spacial score (nSPS) is 15.0. The highest BCUT2D eigenvalue weighted by Gasteiger charge is 2.35. The number of carbonyl (C=O) groups is 11. The van der Waals surface area contributed by atoms with E-state index < -0.39 is 151 Å². The molecular weight excluding hydrogens is 995 g/mol. The first-order valence-electron chi connectivity index (χ1n) is 23.9. The summed E-state index contributed by atoms with van der Waals surface area (Å²) in [6, 6.07) is -14.9. The lowest BCUT2D eigenvalue weighted by atomic mass is 10.0. The number of nitrogens with one attached hydrogen (secondary N) is 9. The molecule has 0 aliphatic rings. The van der Waals surface area contributed by atoms with E-state index in [1.165, 1.54) is 27.7 Å². The van der Waals surface area contributed by atoms with Crippen molar-refractivity contribution in [1.82, 2.24) is 47.9 Å². The lowest BCUT2D eigenvalue weighted by Gasteiger charge is -2.28. The molecule has 0 heterocycles. The number of aliphatic imine (C=N–C) groups is 2. The number of guanidine groups is 2. The number of aliphatic hydroxyl groups excluding tert-OH is 3. The zero-order valence-electron chi connectivity index (χ0n) is 43.1. The molecule has 32 heteroatoms. The van der Waals surface area contributed by atoms with Gasteiger partial charge in [-0.25, -0.2) is 4.79 Å². The van der Waals surface area contributed by atoms with Crippen LogP contribution in [0.25, 0.3) is 0 Å². The molecule has 0 bridgehead atoms. The molecule has 25 N–H and O–H groups in total. The summed E-state index contributed by atoms with van der Waals surface area (Å²) >= 11 is 0. The van der Waals surface area contributed by atoms with Crippen LogP contribution in [0.2, 0.25) is 0 Å². The van der Waals surface area contributed by atoms with Crippen LogP contribution in [-0.4, -0.2) is 191 Å². The monoisotopic (exact) mass is 1070 g/mol. The van der Waals surface area contributed by atoms with Gasteiger partial charge in [-0.3, -0.25) is 57.9 Å². The molecule has 0 unspecified atom stereocenters. The highest BCUT2D eigenvalue weighted by atomic mass is 16.4. The lowest BCUT2D eigenvalue weighted by molar-refractivity contribution is -0.143. The fraction of sp³-hybridized carbons (Fsp3) is 0.698. The number of primary amides is 1. The minimum Gasteiger partial charge on any atom is -0.480 e. The second kappa shape index (κ2) is 34.9. The third-order valence-electron chi connectivity index (χ3n) is 10.7. The maximum Gasteiger partial charge on any atom is 0.326 e. The Balaban J connectivity index is 6.15. The number of carboxylic acids is 1. The number of nitrogens with two attached hydrogens (primary N) is 6. The number of aliphatic hydroxyl groups is 3. The van der Waals surface area contributed by atoms with Crippen molar-refractivity contribution in [2.75, 3.05) is 32.9 Å². The van der Waals surface area contributed by atoms with Crippen LogP contribution in [0.3, 0.4) is 0 Å². The zero-order valence-corrected chi connectivity index (χ0v) is 43.1. The molecular formula is C43H79N17O15. The minimum absolute atomic E-state index is 0.0315. The summed E-state index contributed by atoms with van der Waals surface area (Å²) in [7, 11) is 0. The highest BCUT2D eigenvalue weighted by molar-refractivity contribution is 5.98. The summed E-state index contributed by atoms with van der Waals surface area (Å²) < 4.78 is 0. The molecule has 0 fully saturated rings. The Morgan fingerprint density at radius 2 is 0.787 bits per heavy atom. The lowest BCUT2D eigenvalue weighted by Crippen LogP contribution is -2.62. The molecule has 75 heavy (non-hydrogen) atoms. The van der Waals surface area contributed by atoms with E-state index in [0.29, 0.717) is 6.42 Å². The van der Waals surface area contributed by atoms with Gasteiger partial charge in [0, 0.05) is 19.5 Å². The number of amides is 10. The molecule has 10 amide bonds. The molecule has 0 aliphatic carbocycles. The molecule has 0 radical (unpaired) electrons. The van der Waals surface area contributed by atoms with E-state index >= 15 is 0 Å². The number of carbonyl (C=O) groups excluding carboxylic acids is 10. The van der Waals surface area contributed by atoms with Gasteiger partial charge in [0.15, 0.2) is 11.9 Å². The largest absolute Gasteiger partial charge is 0.480 e. The molecule has 0 saturated carbocycles. The van der Waals surface area contributed by atoms with Crippen molar-refractivity contribution < 1.29 is 73.2 Å². The van der Waals surface area contributed by atoms with E-state index in [-0.39, 0.29) is 69.5 Å². The number of rotatable bonds is 36. The Bertz CT molecular complexity index is 2020. The van der Waals surface area contributed by atoms with Gasteiger partial charge in [-0.05, 0) is 64.2 Å². The summed E-state index contributed by atoms with van der Waals surface area (Å²) in [5.41, 5.74) is 32.5. The van der Waals surface area contributed by atoms with Crippen molar-refractivity contribution in [1.29, 1.82) is 0 Å². The van der Waals surface area contributed by atoms with Gasteiger partial charge in [-0.15, -0.1) is 0 Å². The van der Waals surface area contributed by atoms with Gasteiger partial charge in [-0.1, -0.05) is 27.7 Å².